The van der Waals surface area contributed by atoms with Gasteiger partial charge < -0.3 is 4.74 Å². The Morgan fingerprint density at radius 1 is 1.53 bits per heavy atom. The number of rotatable bonds is 2. The van der Waals surface area contributed by atoms with Crippen molar-refractivity contribution in [3.63, 3.8) is 0 Å². The Bertz CT molecular complexity index is 487. The van der Waals surface area contributed by atoms with Crippen LogP contribution in [0.25, 0.3) is 11.4 Å². The summed E-state index contributed by atoms with van der Waals surface area (Å²) < 4.78 is 6.18. The quantitative estimate of drug-likeness (QED) is 0.700. The summed E-state index contributed by atoms with van der Waals surface area (Å²) in [6, 6.07) is 1.74. The van der Waals surface area contributed by atoms with Crippen molar-refractivity contribution in [3.05, 3.63) is 18.0 Å². The summed E-state index contributed by atoms with van der Waals surface area (Å²) in [5, 5.41) is 14.1. The number of H-pyrrole nitrogens is 1. The summed E-state index contributed by atoms with van der Waals surface area (Å²) in [6.45, 7) is 0. The molecule has 1 N–H and O–H groups in total. The zero-order valence-electron chi connectivity index (χ0n) is 8.26. The molecule has 78 valence electrons. The Hall–Kier alpha value is -2.18. The van der Waals surface area contributed by atoms with Gasteiger partial charge in [0, 0.05) is 13.2 Å². The molecule has 0 aliphatic carbocycles. The first-order valence-electron chi connectivity index (χ1n) is 4.21. The van der Waals surface area contributed by atoms with Gasteiger partial charge in [0.05, 0.1) is 7.11 Å². The van der Waals surface area contributed by atoms with Gasteiger partial charge in [0.15, 0.2) is 5.69 Å². The van der Waals surface area contributed by atoms with Crippen LogP contribution >= 0.6 is 0 Å². The fourth-order valence-electron chi connectivity index (χ4n) is 1.19. The van der Waals surface area contributed by atoms with E-state index >= 15 is 0 Å². The molecular formula is C8H9N5O2. The lowest BCUT2D eigenvalue weighted by Crippen LogP contribution is -2.04. The smallest absolute Gasteiger partial charge is 0.360 e. The van der Waals surface area contributed by atoms with Crippen molar-refractivity contribution in [1.29, 1.82) is 0 Å². The molecule has 0 atom stereocenters. The number of nitrogens with zero attached hydrogens (tertiary/aromatic N) is 4. The second kappa shape index (κ2) is 3.52. The molecule has 2 aromatic heterocycles. The lowest BCUT2D eigenvalue weighted by atomic mass is 10.2. The standard InChI is InChI=1S/C8H9N5O2/c1-13-4-3-5(11-13)6-7(8(14)15-2)10-12-9-6/h3-4H,1-2H3,(H,9,10,12). The highest BCUT2D eigenvalue weighted by molar-refractivity contribution is 5.93. The lowest BCUT2D eigenvalue weighted by Gasteiger charge is -1.94. The molecular weight excluding hydrogens is 198 g/mol. The van der Waals surface area contributed by atoms with E-state index in [1.54, 1.807) is 24.0 Å². The normalized spacial score (nSPS) is 10.3. The Kier molecular flexibility index (Phi) is 2.20. The number of hydrogen-bond donors (Lipinski definition) is 1. The molecule has 0 aliphatic heterocycles. The molecule has 0 aliphatic rings. The SMILES string of the molecule is COC(=O)c1n[nH]nc1-c1ccn(C)n1. The first-order valence-corrected chi connectivity index (χ1v) is 4.21. The number of methoxy groups -OCH3 is 1. The number of nitrogens with one attached hydrogen (secondary N) is 1. The van der Waals surface area contributed by atoms with Gasteiger partial charge in [-0.25, -0.2) is 4.79 Å². The highest BCUT2D eigenvalue weighted by Gasteiger charge is 2.19. The van der Waals surface area contributed by atoms with Gasteiger partial charge in [0.1, 0.15) is 11.4 Å². The van der Waals surface area contributed by atoms with Gasteiger partial charge in [-0.05, 0) is 6.07 Å². The summed E-state index contributed by atoms with van der Waals surface area (Å²) in [5.41, 5.74) is 1.10. The van der Waals surface area contributed by atoms with Gasteiger partial charge in [-0.15, -0.1) is 5.10 Å². The minimum atomic E-state index is -0.538. The average Bonchev–Trinajstić information content (AvgIpc) is 2.84. The summed E-state index contributed by atoms with van der Waals surface area (Å²) in [4.78, 5) is 11.3. The lowest BCUT2D eigenvalue weighted by molar-refractivity contribution is 0.0595. The largest absolute Gasteiger partial charge is 0.464 e. The molecule has 15 heavy (non-hydrogen) atoms. The molecule has 0 fully saturated rings. The summed E-state index contributed by atoms with van der Waals surface area (Å²) in [5.74, 6) is -0.538. The molecule has 0 saturated carbocycles. The van der Waals surface area contributed by atoms with E-state index in [1.807, 2.05) is 0 Å². The molecule has 0 amide bonds. The third-order valence-corrected chi connectivity index (χ3v) is 1.88. The van der Waals surface area contributed by atoms with Crippen LogP contribution in [-0.2, 0) is 11.8 Å². The topological polar surface area (TPSA) is 85.7 Å². The molecule has 0 saturated heterocycles. The van der Waals surface area contributed by atoms with Crippen LogP contribution in [0.4, 0.5) is 0 Å². The number of aryl methyl sites for hydroxylation is 1. The maximum absolute atomic E-state index is 11.3. The predicted molar refractivity (Wildman–Crippen MR) is 49.9 cm³/mol. The predicted octanol–water partition coefficient (Wildman–Crippen LogP) is -0.00820. The van der Waals surface area contributed by atoms with Gasteiger partial charge in [-0.3, -0.25) is 4.68 Å². The fraction of sp³-hybridized carbons (Fsp3) is 0.250. The summed E-state index contributed by atoms with van der Waals surface area (Å²) >= 11 is 0. The van der Waals surface area contributed by atoms with Gasteiger partial charge in [0.25, 0.3) is 0 Å². The Labute approximate surface area is 85.1 Å². The van der Waals surface area contributed by atoms with Crippen molar-refractivity contribution >= 4 is 5.97 Å². The highest BCUT2D eigenvalue weighted by Crippen LogP contribution is 2.17. The third kappa shape index (κ3) is 1.58. The molecule has 0 radical (unpaired) electrons. The second-order valence-electron chi connectivity index (χ2n) is 2.89. The number of ether oxygens (including phenoxy) is 1. The molecule has 0 aromatic carbocycles. The van der Waals surface area contributed by atoms with Gasteiger partial charge in [-0.2, -0.15) is 15.4 Å². The number of hydrogen-bond acceptors (Lipinski definition) is 5. The van der Waals surface area contributed by atoms with E-state index in [4.69, 9.17) is 0 Å². The maximum atomic E-state index is 11.3. The molecule has 2 aromatic rings. The molecule has 0 bridgehead atoms. The van der Waals surface area contributed by atoms with Gasteiger partial charge >= 0.3 is 5.97 Å². The summed E-state index contributed by atoms with van der Waals surface area (Å²) in [6.07, 6.45) is 1.76. The van der Waals surface area contributed by atoms with Crippen molar-refractivity contribution in [2.75, 3.05) is 7.11 Å². The fourth-order valence-corrected chi connectivity index (χ4v) is 1.19. The van der Waals surface area contributed by atoms with Crippen molar-refractivity contribution in [3.8, 4) is 11.4 Å². The van der Waals surface area contributed by atoms with E-state index in [9.17, 15) is 4.79 Å². The molecule has 0 spiro atoms. The highest BCUT2D eigenvalue weighted by atomic mass is 16.5. The van der Waals surface area contributed by atoms with Crippen LogP contribution in [0, 0.1) is 0 Å². The van der Waals surface area contributed by atoms with Crippen LogP contribution in [-0.4, -0.2) is 38.3 Å². The molecule has 2 rings (SSSR count). The summed E-state index contributed by atoms with van der Waals surface area (Å²) in [7, 11) is 3.07. The van der Waals surface area contributed by atoms with E-state index in [-0.39, 0.29) is 5.69 Å². The van der Waals surface area contributed by atoms with Crippen molar-refractivity contribution in [2.24, 2.45) is 7.05 Å². The zero-order valence-corrected chi connectivity index (χ0v) is 8.26. The molecule has 7 nitrogen and oxygen atoms in total. The van der Waals surface area contributed by atoms with Crippen LogP contribution in [0.2, 0.25) is 0 Å². The van der Waals surface area contributed by atoms with E-state index in [0.29, 0.717) is 11.4 Å². The number of aromatic nitrogens is 5. The van der Waals surface area contributed by atoms with E-state index in [0.717, 1.165) is 0 Å². The maximum Gasteiger partial charge on any atom is 0.360 e. The van der Waals surface area contributed by atoms with Crippen molar-refractivity contribution in [2.45, 2.75) is 0 Å². The van der Waals surface area contributed by atoms with Crippen LogP contribution in [0.5, 0.6) is 0 Å². The first kappa shape index (κ1) is 9.38. The van der Waals surface area contributed by atoms with Gasteiger partial charge in [-0.1, -0.05) is 0 Å². The molecule has 0 unspecified atom stereocenters. The Balaban J connectivity index is 2.45. The number of esters is 1. The van der Waals surface area contributed by atoms with E-state index in [1.165, 1.54) is 7.11 Å². The van der Waals surface area contributed by atoms with Crippen LogP contribution < -0.4 is 0 Å². The minimum absolute atomic E-state index is 0.135. The number of carbonyl (C=O) groups is 1. The molecule has 2 heterocycles. The van der Waals surface area contributed by atoms with Crippen LogP contribution in [0.1, 0.15) is 10.5 Å². The third-order valence-electron chi connectivity index (χ3n) is 1.88. The Morgan fingerprint density at radius 3 is 2.93 bits per heavy atom. The van der Waals surface area contributed by atoms with Crippen LogP contribution in [0.3, 0.4) is 0 Å². The average molecular weight is 207 g/mol. The van der Waals surface area contributed by atoms with Crippen molar-refractivity contribution < 1.29 is 9.53 Å². The van der Waals surface area contributed by atoms with E-state index < -0.39 is 5.97 Å². The Morgan fingerprint density at radius 2 is 2.33 bits per heavy atom. The van der Waals surface area contributed by atoms with Crippen LogP contribution in [0.15, 0.2) is 12.3 Å². The number of carbonyl (C=O) groups excluding carboxylic acids is 1. The minimum Gasteiger partial charge on any atom is -0.464 e. The zero-order chi connectivity index (χ0) is 10.8. The van der Waals surface area contributed by atoms with Crippen molar-refractivity contribution in [1.82, 2.24) is 25.2 Å². The first-order chi connectivity index (χ1) is 7.22. The monoisotopic (exact) mass is 207 g/mol. The second-order valence-corrected chi connectivity index (χ2v) is 2.89. The van der Waals surface area contributed by atoms with E-state index in [2.05, 4.69) is 25.2 Å². The number of aromatic amines is 1. The van der Waals surface area contributed by atoms with Gasteiger partial charge in [0.2, 0.25) is 0 Å². The molecule has 7 heteroatoms.